The summed E-state index contributed by atoms with van der Waals surface area (Å²) < 4.78 is 0. The normalized spacial score (nSPS) is 46.8. The molecule has 0 aromatic carbocycles. The molecule has 0 unspecified atom stereocenters. The van der Waals surface area contributed by atoms with Crippen LogP contribution in [-0.4, -0.2) is 52.6 Å². The molecule has 11 atom stereocenters. The van der Waals surface area contributed by atoms with Crippen molar-refractivity contribution in [1.29, 1.82) is 0 Å². The van der Waals surface area contributed by atoms with Gasteiger partial charge >= 0.3 is 0 Å². The predicted octanol–water partition coefficient (Wildman–Crippen LogP) is 3.22. The first-order chi connectivity index (χ1) is 16.1. The molecule has 0 heterocycles. The van der Waals surface area contributed by atoms with E-state index in [4.69, 9.17) is 5.73 Å². The Bertz CT molecular complexity index is 719. The summed E-state index contributed by atoms with van der Waals surface area (Å²) >= 11 is 0. The van der Waals surface area contributed by atoms with E-state index in [0.717, 1.165) is 51.4 Å². The molecule has 196 valence electrons. The fraction of sp³-hybridized carbons (Fsp3) is 0.964. The number of aliphatic hydroxyl groups is 3. The Kier molecular flexibility index (Phi) is 8.03. The lowest BCUT2D eigenvalue weighted by molar-refractivity contribution is -0.223. The number of nitrogens with two attached hydrogens (primary N) is 1. The van der Waals surface area contributed by atoms with Gasteiger partial charge in [0.25, 0.3) is 0 Å². The maximum Gasteiger partial charge on any atom is 0.220 e. The molecular formula is C28H50N2O4. The average molecular weight is 479 g/mol. The van der Waals surface area contributed by atoms with Crippen LogP contribution in [0.2, 0.25) is 0 Å². The molecule has 4 fully saturated rings. The molecule has 0 saturated heterocycles. The Morgan fingerprint density at radius 2 is 1.68 bits per heavy atom. The Balaban J connectivity index is 1.42. The number of aliphatic hydroxyl groups excluding tert-OH is 3. The minimum absolute atomic E-state index is 0.00338. The second kappa shape index (κ2) is 10.4. The Morgan fingerprint density at radius 1 is 0.971 bits per heavy atom. The van der Waals surface area contributed by atoms with E-state index < -0.39 is 12.2 Å². The first-order valence-corrected chi connectivity index (χ1v) is 14.1. The summed E-state index contributed by atoms with van der Waals surface area (Å²) in [6.07, 6.45) is 8.55. The van der Waals surface area contributed by atoms with Crippen molar-refractivity contribution in [2.75, 3.05) is 13.1 Å². The molecule has 6 heteroatoms. The predicted molar refractivity (Wildman–Crippen MR) is 134 cm³/mol. The van der Waals surface area contributed by atoms with Gasteiger partial charge in [-0.05, 0) is 117 Å². The standard InChI is InChI=1S/C28H50N2O4/c1-17(6-9-23(32)30-15-5-4-14-29)19-7-8-20-24-21(11-13-27(19,20)2)28(3)12-10-18(31)16-22(28)25(33)26(24)34/h17-22,24-26,31,33-34H,4-16,29H2,1-3H3,(H,30,32)/t17-,18-,19-,20+,21+,22+,24+,25+,26-,27-,28-/m0/s1. The van der Waals surface area contributed by atoms with Crippen molar-refractivity contribution in [2.24, 2.45) is 52.1 Å². The van der Waals surface area contributed by atoms with Crippen LogP contribution in [0.5, 0.6) is 0 Å². The van der Waals surface area contributed by atoms with Gasteiger partial charge < -0.3 is 26.4 Å². The zero-order valence-electron chi connectivity index (χ0n) is 21.7. The first-order valence-electron chi connectivity index (χ1n) is 14.1. The number of carbonyl (C=O) groups is 1. The molecule has 1 amide bonds. The number of hydrogen-bond donors (Lipinski definition) is 5. The van der Waals surface area contributed by atoms with Crippen LogP contribution >= 0.6 is 0 Å². The first kappa shape index (κ1) is 26.4. The lowest BCUT2D eigenvalue weighted by Crippen LogP contribution is -2.64. The highest BCUT2D eigenvalue weighted by molar-refractivity contribution is 5.75. The maximum atomic E-state index is 12.3. The van der Waals surface area contributed by atoms with E-state index in [1.165, 1.54) is 6.42 Å². The Labute approximate surface area is 206 Å². The highest BCUT2D eigenvalue weighted by Gasteiger charge is 2.65. The van der Waals surface area contributed by atoms with Gasteiger partial charge in [-0.25, -0.2) is 0 Å². The summed E-state index contributed by atoms with van der Waals surface area (Å²) in [5, 5.41) is 35.9. The van der Waals surface area contributed by atoms with Crippen LogP contribution in [0.15, 0.2) is 0 Å². The summed E-state index contributed by atoms with van der Waals surface area (Å²) in [6.45, 7) is 8.47. The van der Waals surface area contributed by atoms with E-state index in [-0.39, 0.29) is 34.7 Å². The lowest BCUT2D eigenvalue weighted by atomic mass is 9.43. The maximum absolute atomic E-state index is 12.3. The van der Waals surface area contributed by atoms with E-state index in [1.54, 1.807) is 0 Å². The largest absolute Gasteiger partial charge is 0.393 e. The highest BCUT2D eigenvalue weighted by atomic mass is 16.3. The zero-order chi connectivity index (χ0) is 24.7. The van der Waals surface area contributed by atoms with Crippen molar-refractivity contribution < 1.29 is 20.1 Å². The van der Waals surface area contributed by atoms with Gasteiger partial charge in [-0.3, -0.25) is 4.79 Å². The second-order valence-corrected chi connectivity index (χ2v) is 12.9. The summed E-state index contributed by atoms with van der Waals surface area (Å²) in [5.41, 5.74) is 5.70. The molecule has 6 nitrogen and oxygen atoms in total. The fourth-order valence-corrected chi connectivity index (χ4v) is 9.36. The van der Waals surface area contributed by atoms with E-state index in [0.29, 0.717) is 49.6 Å². The molecule has 6 N–H and O–H groups in total. The molecule has 4 saturated carbocycles. The number of rotatable bonds is 8. The van der Waals surface area contributed by atoms with Crippen molar-refractivity contribution >= 4 is 5.91 Å². The van der Waals surface area contributed by atoms with Crippen LogP contribution in [0.1, 0.15) is 91.4 Å². The number of carbonyl (C=O) groups excluding carboxylic acids is 1. The number of hydrogen-bond acceptors (Lipinski definition) is 5. The zero-order valence-corrected chi connectivity index (χ0v) is 21.7. The molecule has 34 heavy (non-hydrogen) atoms. The second-order valence-electron chi connectivity index (χ2n) is 12.9. The number of amides is 1. The third kappa shape index (κ3) is 4.57. The Morgan fingerprint density at radius 3 is 2.41 bits per heavy atom. The highest BCUT2D eigenvalue weighted by Crippen LogP contribution is 2.68. The summed E-state index contributed by atoms with van der Waals surface area (Å²) in [7, 11) is 0. The molecule has 4 aliphatic carbocycles. The summed E-state index contributed by atoms with van der Waals surface area (Å²) in [4.78, 5) is 12.3. The molecule has 4 rings (SSSR count). The van der Waals surface area contributed by atoms with Gasteiger partial charge in [-0.1, -0.05) is 20.8 Å². The van der Waals surface area contributed by atoms with Gasteiger partial charge in [0.2, 0.25) is 5.91 Å². The molecule has 0 radical (unpaired) electrons. The monoisotopic (exact) mass is 478 g/mol. The van der Waals surface area contributed by atoms with Crippen LogP contribution in [0.3, 0.4) is 0 Å². The molecule has 0 aliphatic heterocycles. The molecule has 0 spiro atoms. The van der Waals surface area contributed by atoms with E-state index in [2.05, 4.69) is 26.1 Å². The number of fused-ring (bicyclic) bond motifs is 5. The Hall–Kier alpha value is -0.690. The third-order valence-electron chi connectivity index (χ3n) is 11.3. The van der Waals surface area contributed by atoms with E-state index in [1.807, 2.05) is 0 Å². The van der Waals surface area contributed by atoms with Gasteiger partial charge in [0.15, 0.2) is 0 Å². The van der Waals surface area contributed by atoms with Gasteiger partial charge in [-0.2, -0.15) is 0 Å². The molecule has 0 aromatic rings. The fourth-order valence-electron chi connectivity index (χ4n) is 9.36. The van der Waals surface area contributed by atoms with Crippen LogP contribution in [-0.2, 0) is 4.79 Å². The van der Waals surface area contributed by atoms with Crippen LogP contribution in [0.4, 0.5) is 0 Å². The summed E-state index contributed by atoms with van der Waals surface area (Å²) in [5.74, 6) is 2.18. The molecule has 0 bridgehead atoms. The molecular weight excluding hydrogens is 428 g/mol. The minimum atomic E-state index is -0.733. The quantitative estimate of drug-likeness (QED) is 0.344. The van der Waals surface area contributed by atoms with Crippen molar-refractivity contribution in [1.82, 2.24) is 5.32 Å². The number of unbranched alkanes of at least 4 members (excludes halogenated alkanes) is 1. The van der Waals surface area contributed by atoms with Crippen molar-refractivity contribution in [2.45, 2.75) is 110 Å². The van der Waals surface area contributed by atoms with Gasteiger partial charge in [-0.15, -0.1) is 0 Å². The SMILES string of the molecule is C[C@@H](CCC(=O)NCCCCN)[C@@H]1CC[C@@H]2[C@H]3[C@H](O)[C@H](O)[C@H]4C[C@@H](O)CC[C@@]4(C)[C@@H]3CC[C@]21C. The smallest absolute Gasteiger partial charge is 0.220 e. The van der Waals surface area contributed by atoms with Crippen LogP contribution in [0.25, 0.3) is 0 Å². The van der Waals surface area contributed by atoms with Crippen molar-refractivity contribution in [3.63, 3.8) is 0 Å². The van der Waals surface area contributed by atoms with Gasteiger partial charge in [0.05, 0.1) is 18.3 Å². The lowest BCUT2D eigenvalue weighted by Gasteiger charge is -2.63. The van der Waals surface area contributed by atoms with Crippen LogP contribution < -0.4 is 11.1 Å². The summed E-state index contributed by atoms with van der Waals surface area (Å²) in [6, 6.07) is 0. The van der Waals surface area contributed by atoms with Gasteiger partial charge in [0, 0.05) is 13.0 Å². The van der Waals surface area contributed by atoms with E-state index in [9.17, 15) is 20.1 Å². The number of nitrogens with one attached hydrogen (secondary N) is 1. The molecule has 4 aliphatic rings. The van der Waals surface area contributed by atoms with Crippen molar-refractivity contribution in [3.8, 4) is 0 Å². The van der Waals surface area contributed by atoms with Gasteiger partial charge in [0.1, 0.15) is 0 Å². The van der Waals surface area contributed by atoms with Crippen LogP contribution in [0, 0.1) is 46.3 Å². The topological polar surface area (TPSA) is 116 Å². The van der Waals surface area contributed by atoms with Crippen molar-refractivity contribution in [3.05, 3.63) is 0 Å². The van der Waals surface area contributed by atoms with E-state index >= 15 is 0 Å². The third-order valence-corrected chi connectivity index (χ3v) is 11.3. The molecule has 0 aromatic heterocycles. The average Bonchev–Trinajstić information content (AvgIpc) is 3.17. The minimum Gasteiger partial charge on any atom is -0.393 e.